The quantitative estimate of drug-likeness (QED) is 0.839. The Morgan fingerprint density at radius 1 is 1.50 bits per heavy atom. The number of nitrogens with zero attached hydrogens (tertiary/aromatic N) is 4. The van der Waals surface area contributed by atoms with Crippen LogP contribution in [0, 0.1) is 5.92 Å². The van der Waals surface area contributed by atoms with Crippen LogP contribution in [-0.4, -0.2) is 28.1 Å². The molecule has 1 aliphatic rings. The van der Waals surface area contributed by atoms with Crippen molar-refractivity contribution in [2.45, 2.75) is 26.2 Å². The highest BCUT2D eigenvalue weighted by molar-refractivity contribution is 6.15. The summed E-state index contributed by atoms with van der Waals surface area (Å²) in [5, 5.41) is 5.75. The van der Waals surface area contributed by atoms with Gasteiger partial charge >= 0.3 is 0 Å². The molecule has 2 N–H and O–H groups in total. The molecule has 0 spiro atoms. The molecule has 2 heterocycles. The van der Waals surface area contributed by atoms with Crippen LogP contribution < -0.4 is 10.7 Å². The fourth-order valence-corrected chi connectivity index (χ4v) is 2.05. The third-order valence-electron chi connectivity index (χ3n) is 2.88. The Labute approximate surface area is 106 Å². The van der Waals surface area contributed by atoms with Gasteiger partial charge in [0, 0.05) is 12.3 Å². The van der Waals surface area contributed by atoms with E-state index < -0.39 is 0 Å². The molecule has 0 fully saturated rings. The number of rotatable bonds is 5. The van der Waals surface area contributed by atoms with E-state index in [-0.39, 0.29) is 11.8 Å². The fraction of sp³-hybridized carbons (Fsp3) is 0.500. The van der Waals surface area contributed by atoms with Gasteiger partial charge in [0.1, 0.15) is 6.33 Å². The van der Waals surface area contributed by atoms with E-state index >= 15 is 0 Å². The van der Waals surface area contributed by atoms with Crippen molar-refractivity contribution in [2.75, 3.05) is 11.6 Å². The van der Waals surface area contributed by atoms with Gasteiger partial charge in [-0.05, 0) is 19.4 Å². The molecule has 1 amide bonds. The second-order valence-corrected chi connectivity index (χ2v) is 4.19. The number of nitrogens with two attached hydrogens (primary N) is 1. The molecule has 0 aromatic carbocycles. The molecule has 18 heavy (non-hydrogen) atoms. The summed E-state index contributed by atoms with van der Waals surface area (Å²) in [6, 6.07) is 1.68. The maximum absolute atomic E-state index is 12.3. The molecule has 1 atom stereocenters. The second kappa shape index (κ2) is 5.68. The van der Waals surface area contributed by atoms with Crippen molar-refractivity contribution in [2.24, 2.45) is 16.8 Å². The number of carbonyl (C=O) groups is 1. The first-order valence-electron chi connectivity index (χ1n) is 6.15. The van der Waals surface area contributed by atoms with Crippen LogP contribution in [0.15, 0.2) is 23.7 Å². The molecule has 0 bridgehead atoms. The lowest BCUT2D eigenvalue weighted by Crippen LogP contribution is -2.29. The van der Waals surface area contributed by atoms with E-state index in [0.29, 0.717) is 18.8 Å². The van der Waals surface area contributed by atoms with Crippen LogP contribution >= 0.6 is 0 Å². The third-order valence-corrected chi connectivity index (χ3v) is 2.88. The van der Waals surface area contributed by atoms with Crippen LogP contribution in [0.4, 0.5) is 5.82 Å². The summed E-state index contributed by atoms with van der Waals surface area (Å²) in [6.07, 6.45) is 5.43. The highest BCUT2D eigenvalue weighted by Crippen LogP contribution is 2.25. The molecule has 96 valence electrons. The lowest BCUT2D eigenvalue weighted by molar-refractivity contribution is -0.119. The lowest BCUT2D eigenvalue weighted by Gasteiger charge is -2.12. The Hall–Kier alpha value is -1.82. The maximum Gasteiger partial charge on any atom is 0.257 e. The van der Waals surface area contributed by atoms with Gasteiger partial charge in [-0.2, -0.15) is 10.1 Å². The van der Waals surface area contributed by atoms with E-state index in [1.165, 1.54) is 11.3 Å². The molecule has 1 unspecified atom stereocenters. The maximum atomic E-state index is 12.3. The van der Waals surface area contributed by atoms with Crippen molar-refractivity contribution < 1.29 is 4.79 Å². The van der Waals surface area contributed by atoms with E-state index in [1.807, 2.05) is 0 Å². The van der Waals surface area contributed by atoms with Gasteiger partial charge in [-0.3, -0.25) is 4.79 Å². The zero-order chi connectivity index (χ0) is 13.0. The summed E-state index contributed by atoms with van der Waals surface area (Å²) in [7, 11) is 0. The third kappa shape index (κ3) is 2.38. The molecule has 0 aliphatic carbocycles. The molecule has 1 aromatic rings. The average molecular weight is 247 g/mol. The Balaban J connectivity index is 2.25. The predicted octanol–water partition coefficient (Wildman–Crippen LogP) is 0.944. The Morgan fingerprint density at radius 3 is 2.94 bits per heavy atom. The summed E-state index contributed by atoms with van der Waals surface area (Å²) in [5.74, 6) is 0.288. The summed E-state index contributed by atoms with van der Waals surface area (Å²) in [5.41, 5.74) is 6.47. The van der Waals surface area contributed by atoms with Gasteiger partial charge in [0.2, 0.25) is 0 Å². The molecule has 0 saturated carbocycles. The van der Waals surface area contributed by atoms with Crippen molar-refractivity contribution in [3.8, 4) is 0 Å². The molecule has 0 saturated heterocycles. The van der Waals surface area contributed by atoms with E-state index in [9.17, 15) is 4.79 Å². The first-order valence-corrected chi connectivity index (χ1v) is 6.15. The minimum Gasteiger partial charge on any atom is -0.330 e. The summed E-state index contributed by atoms with van der Waals surface area (Å²) in [6.45, 7) is 2.55. The molecule has 6 nitrogen and oxygen atoms in total. The summed E-state index contributed by atoms with van der Waals surface area (Å²) >= 11 is 0. The summed E-state index contributed by atoms with van der Waals surface area (Å²) in [4.78, 5) is 20.2. The number of aromatic nitrogens is 2. The molecule has 6 heteroatoms. The number of carbonyl (C=O) groups excluding carboxylic acids is 1. The first kappa shape index (κ1) is 12.6. The van der Waals surface area contributed by atoms with E-state index in [4.69, 9.17) is 5.73 Å². The lowest BCUT2D eigenvalue weighted by atomic mass is 9.96. The van der Waals surface area contributed by atoms with Gasteiger partial charge in [0.15, 0.2) is 5.82 Å². The number of hydrazone groups is 1. The number of anilines is 1. The molecule has 1 aliphatic heterocycles. The highest BCUT2D eigenvalue weighted by Gasteiger charge is 2.35. The zero-order valence-corrected chi connectivity index (χ0v) is 10.4. The normalized spacial score (nSPS) is 19.2. The molecule has 0 radical (unpaired) electrons. The van der Waals surface area contributed by atoms with Gasteiger partial charge in [-0.15, -0.1) is 0 Å². The molecule has 1 aromatic heterocycles. The van der Waals surface area contributed by atoms with Crippen LogP contribution in [0.25, 0.3) is 0 Å². The van der Waals surface area contributed by atoms with Crippen LogP contribution in [0.1, 0.15) is 26.2 Å². The van der Waals surface area contributed by atoms with Crippen LogP contribution in [-0.2, 0) is 4.79 Å². The van der Waals surface area contributed by atoms with Crippen LogP contribution in [0.2, 0.25) is 0 Å². The predicted molar refractivity (Wildman–Crippen MR) is 69.0 cm³/mol. The van der Waals surface area contributed by atoms with Crippen molar-refractivity contribution in [1.29, 1.82) is 0 Å². The molecular formula is C12H17N5O. The number of hydrogen-bond donors (Lipinski definition) is 1. The van der Waals surface area contributed by atoms with Crippen molar-refractivity contribution in [3.05, 3.63) is 18.6 Å². The van der Waals surface area contributed by atoms with Gasteiger partial charge in [-0.25, -0.2) is 9.97 Å². The average Bonchev–Trinajstić information content (AvgIpc) is 2.70. The van der Waals surface area contributed by atoms with E-state index in [2.05, 4.69) is 22.0 Å². The summed E-state index contributed by atoms with van der Waals surface area (Å²) < 4.78 is 0. The largest absolute Gasteiger partial charge is 0.330 e. The Kier molecular flexibility index (Phi) is 3.99. The van der Waals surface area contributed by atoms with Gasteiger partial charge in [-0.1, -0.05) is 13.3 Å². The molecule has 2 rings (SSSR count). The van der Waals surface area contributed by atoms with Gasteiger partial charge in [0.05, 0.1) is 11.6 Å². The van der Waals surface area contributed by atoms with Crippen molar-refractivity contribution >= 4 is 17.4 Å². The second-order valence-electron chi connectivity index (χ2n) is 4.19. The number of hydrogen-bond acceptors (Lipinski definition) is 5. The Morgan fingerprint density at radius 2 is 2.33 bits per heavy atom. The van der Waals surface area contributed by atoms with Crippen LogP contribution in [0.5, 0.6) is 0 Å². The van der Waals surface area contributed by atoms with Gasteiger partial charge < -0.3 is 5.73 Å². The number of amides is 1. The topological polar surface area (TPSA) is 84.5 Å². The minimum absolute atomic E-state index is 0.0393. The smallest absolute Gasteiger partial charge is 0.257 e. The monoisotopic (exact) mass is 247 g/mol. The molecular weight excluding hydrogens is 230 g/mol. The van der Waals surface area contributed by atoms with E-state index in [1.54, 1.807) is 12.3 Å². The Bertz CT molecular complexity index is 445. The first-order chi connectivity index (χ1) is 8.77. The highest BCUT2D eigenvalue weighted by atomic mass is 16.2. The van der Waals surface area contributed by atoms with Gasteiger partial charge in [0.25, 0.3) is 5.91 Å². The van der Waals surface area contributed by atoms with Crippen LogP contribution in [0.3, 0.4) is 0 Å². The van der Waals surface area contributed by atoms with Crippen molar-refractivity contribution in [3.63, 3.8) is 0 Å². The SMILES string of the molecule is CCCC1=NN(c2ccncn2)C(=O)C1CCN. The minimum atomic E-state index is -0.190. The van der Waals surface area contributed by atoms with Crippen molar-refractivity contribution in [1.82, 2.24) is 9.97 Å². The zero-order valence-electron chi connectivity index (χ0n) is 10.4. The van der Waals surface area contributed by atoms with E-state index in [0.717, 1.165) is 18.6 Å². The standard InChI is InChI=1S/C12H17N5O/c1-2-3-10-9(4-6-13)12(18)17(16-10)11-5-7-14-8-15-11/h5,7-9H,2-4,6,13H2,1H3. The fourth-order valence-electron chi connectivity index (χ4n) is 2.05.